The van der Waals surface area contributed by atoms with Crippen molar-refractivity contribution in [3.05, 3.63) is 116 Å². The number of fused-ring (bicyclic) bond motifs is 1. The van der Waals surface area contributed by atoms with Crippen LogP contribution in [0.4, 0.5) is 0 Å². The van der Waals surface area contributed by atoms with E-state index in [1.165, 1.54) is 60.0 Å². The van der Waals surface area contributed by atoms with E-state index in [-0.39, 0.29) is 11.6 Å². The highest BCUT2D eigenvalue weighted by atomic mass is 16.1. The third-order valence-corrected chi connectivity index (χ3v) is 9.65. The summed E-state index contributed by atoms with van der Waals surface area (Å²) in [6.45, 7) is 19.9. The minimum Gasteiger partial charge on any atom is -0.289 e. The van der Waals surface area contributed by atoms with Gasteiger partial charge in [0.15, 0.2) is 11.6 Å². The van der Waals surface area contributed by atoms with E-state index in [0.29, 0.717) is 28.7 Å². The Morgan fingerprint density at radius 1 is 0.542 bits per heavy atom. The zero-order chi connectivity index (χ0) is 35.5. The molecule has 262 valence electrons. The van der Waals surface area contributed by atoms with E-state index in [2.05, 4.69) is 91.8 Å². The smallest absolute Gasteiger partial charge is 0.190 e. The van der Waals surface area contributed by atoms with Crippen LogP contribution in [0.15, 0.2) is 105 Å². The molecule has 0 fully saturated rings. The standard InChI is InChI=1S/C46H66O2/c1-34(2)18-12-19-35(3)20-13-21-36(4)22-14-23-37(5)24-15-25-38(6)26-16-27-39(7)28-17-29-40(8)32-33-42-41(9)45(47)43-30-10-11-31-44(43)46(42)48/h10-11,20,22,24,26,28,30-32,34H,12-19,21,23,25,27,29,33H2,1-9H3/b35-20+,36-22+,37-24+,38-26+,39-28+,40-32+. The summed E-state index contributed by atoms with van der Waals surface area (Å²) >= 11 is 0. The number of hydrogen-bond donors (Lipinski definition) is 0. The summed E-state index contributed by atoms with van der Waals surface area (Å²) in [7, 11) is 0. The molecule has 1 aliphatic rings. The summed E-state index contributed by atoms with van der Waals surface area (Å²) in [6, 6.07) is 7.16. The van der Waals surface area contributed by atoms with Crippen molar-refractivity contribution < 1.29 is 9.59 Å². The lowest BCUT2D eigenvalue weighted by Crippen LogP contribution is -2.20. The maximum absolute atomic E-state index is 13.0. The molecule has 48 heavy (non-hydrogen) atoms. The average Bonchev–Trinajstić information content (AvgIpc) is 3.03. The molecule has 1 aliphatic carbocycles. The van der Waals surface area contributed by atoms with Crippen LogP contribution in [-0.2, 0) is 0 Å². The highest BCUT2D eigenvalue weighted by molar-refractivity contribution is 6.26. The number of allylic oxidation sites excluding steroid dienone is 14. The van der Waals surface area contributed by atoms with Crippen molar-refractivity contribution in [3.8, 4) is 0 Å². The van der Waals surface area contributed by atoms with E-state index in [4.69, 9.17) is 0 Å². The van der Waals surface area contributed by atoms with Crippen LogP contribution in [-0.4, -0.2) is 11.6 Å². The summed E-state index contributed by atoms with van der Waals surface area (Å²) in [5.74, 6) is 0.783. The van der Waals surface area contributed by atoms with Gasteiger partial charge in [-0.1, -0.05) is 114 Å². The first kappa shape index (κ1) is 40.9. The van der Waals surface area contributed by atoms with E-state index in [1.54, 1.807) is 24.6 Å². The van der Waals surface area contributed by atoms with E-state index >= 15 is 0 Å². The Morgan fingerprint density at radius 3 is 1.29 bits per heavy atom. The summed E-state index contributed by atoms with van der Waals surface area (Å²) in [5.41, 5.74) is 11.0. The molecule has 0 atom stereocenters. The number of rotatable bonds is 21. The van der Waals surface area contributed by atoms with Gasteiger partial charge in [-0.05, 0) is 138 Å². The molecular weight excluding hydrogens is 585 g/mol. The number of carbonyl (C=O) groups is 2. The molecule has 0 spiro atoms. The average molecular weight is 651 g/mol. The molecule has 0 heterocycles. The van der Waals surface area contributed by atoms with Crippen LogP contribution in [0, 0.1) is 5.92 Å². The maximum Gasteiger partial charge on any atom is 0.190 e. The second-order valence-corrected chi connectivity index (χ2v) is 14.8. The number of hydrogen-bond acceptors (Lipinski definition) is 2. The van der Waals surface area contributed by atoms with Crippen LogP contribution in [0.1, 0.15) is 173 Å². The van der Waals surface area contributed by atoms with Crippen LogP contribution in [0.25, 0.3) is 0 Å². The van der Waals surface area contributed by atoms with Crippen molar-refractivity contribution in [1.82, 2.24) is 0 Å². The maximum atomic E-state index is 13.0. The van der Waals surface area contributed by atoms with Crippen LogP contribution in [0.5, 0.6) is 0 Å². The second kappa shape index (κ2) is 22.4. The summed E-state index contributed by atoms with van der Waals surface area (Å²) < 4.78 is 0. The van der Waals surface area contributed by atoms with Gasteiger partial charge >= 0.3 is 0 Å². The van der Waals surface area contributed by atoms with Gasteiger partial charge in [0.1, 0.15) is 0 Å². The van der Waals surface area contributed by atoms with Crippen LogP contribution < -0.4 is 0 Å². The molecule has 0 aliphatic heterocycles. The number of ketones is 2. The van der Waals surface area contributed by atoms with Gasteiger partial charge in [-0.3, -0.25) is 9.59 Å². The van der Waals surface area contributed by atoms with Gasteiger partial charge in [0, 0.05) is 22.3 Å². The van der Waals surface area contributed by atoms with Crippen molar-refractivity contribution in [1.29, 1.82) is 0 Å². The minimum absolute atomic E-state index is 0.00728. The van der Waals surface area contributed by atoms with Crippen molar-refractivity contribution >= 4 is 11.6 Å². The molecule has 0 amide bonds. The molecule has 0 saturated carbocycles. The van der Waals surface area contributed by atoms with Crippen molar-refractivity contribution in [2.75, 3.05) is 0 Å². The Labute approximate surface area is 295 Å². The molecule has 1 aromatic rings. The zero-order valence-corrected chi connectivity index (χ0v) is 32.1. The molecule has 0 unspecified atom stereocenters. The molecule has 0 N–H and O–H groups in total. The molecule has 0 bridgehead atoms. The van der Waals surface area contributed by atoms with Crippen molar-refractivity contribution in [2.24, 2.45) is 5.92 Å². The van der Waals surface area contributed by atoms with Gasteiger partial charge < -0.3 is 0 Å². The fraction of sp³-hybridized carbons (Fsp3) is 0.522. The van der Waals surface area contributed by atoms with Crippen LogP contribution >= 0.6 is 0 Å². The van der Waals surface area contributed by atoms with E-state index in [9.17, 15) is 9.59 Å². The lowest BCUT2D eigenvalue weighted by Gasteiger charge is -2.18. The lowest BCUT2D eigenvalue weighted by atomic mass is 9.83. The molecule has 2 rings (SSSR count). The Kier molecular flexibility index (Phi) is 19.1. The number of carbonyl (C=O) groups excluding carboxylic acids is 2. The zero-order valence-electron chi connectivity index (χ0n) is 32.1. The highest BCUT2D eigenvalue weighted by Crippen LogP contribution is 2.28. The van der Waals surface area contributed by atoms with Crippen molar-refractivity contribution in [2.45, 2.75) is 152 Å². The number of benzene rings is 1. The second-order valence-electron chi connectivity index (χ2n) is 14.8. The van der Waals surface area contributed by atoms with Crippen LogP contribution in [0.2, 0.25) is 0 Å². The molecule has 2 heteroatoms. The van der Waals surface area contributed by atoms with Gasteiger partial charge in [-0.25, -0.2) is 0 Å². The van der Waals surface area contributed by atoms with Gasteiger partial charge in [-0.15, -0.1) is 0 Å². The molecule has 1 aromatic carbocycles. The third kappa shape index (κ3) is 15.8. The van der Waals surface area contributed by atoms with Crippen LogP contribution in [0.3, 0.4) is 0 Å². The Hall–Kier alpha value is -3.26. The van der Waals surface area contributed by atoms with Crippen molar-refractivity contribution in [3.63, 3.8) is 0 Å². The Bertz CT molecular complexity index is 1430. The first-order valence-corrected chi connectivity index (χ1v) is 18.7. The van der Waals surface area contributed by atoms with Gasteiger partial charge in [0.2, 0.25) is 0 Å². The molecule has 2 nitrogen and oxygen atoms in total. The summed E-state index contributed by atoms with van der Waals surface area (Å²) in [4.78, 5) is 25.7. The predicted octanol–water partition coefficient (Wildman–Crippen LogP) is 14.2. The lowest BCUT2D eigenvalue weighted by molar-refractivity contribution is 0.0973. The fourth-order valence-electron chi connectivity index (χ4n) is 6.21. The van der Waals surface area contributed by atoms with Gasteiger partial charge in [0.25, 0.3) is 0 Å². The topological polar surface area (TPSA) is 34.1 Å². The highest BCUT2D eigenvalue weighted by Gasteiger charge is 2.28. The minimum atomic E-state index is -0.0218. The van der Waals surface area contributed by atoms with E-state index in [0.717, 1.165) is 57.3 Å². The molecular formula is C46H66O2. The monoisotopic (exact) mass is 651 g/mol. The first-order valence-electron chi connectivity index (χ1n) is 18.7. The Morgan fingerprint density at radius 2 is 0.896 bits per heavy atom. The normalized spacial score (nSPS) is 15.6. The van der Waals surface area contributed by atoms with Gasteiger partial charge in [-0.2, -0.15) is 0 Å². The van der Waals surface area contributed by atoms with Gasteiger partial charge in [0.05, 0.1) is 0 Å². The first-order chi connectivity index (χ1) is 22.9. The fourth-order valence-corrected chi connectivity index (χ4v) is 6.21. The van der Waals surface area contributed by atoms with E-state index < -0.39 is 0 Å². The quantitative estimate of drug-likeness (QED) is 0.124. The van der Waals surface area contributed by atoms with E-state index in [1.807, 2.05) is 12.1 Å². The molecule has 0 aromatic heterocycles. The summed E-state index contributed by atoms with van der Waals surface area (Å²) in [5, 5.41) is 0. The third-order valence-electron chi connectivity index (χ3n) is 9.65. The SMILES string of the molecule is CC1=C(C/C=C(\C)CC/C=C(\C)CC/C=C(\C)CC/C=C(\C)CC/C=C(\C)CC/C=C(\C)CCCC(C)C)C(=O)c2ccccc2C1=O. The number of Topliss-reactive ketones (excluding diaryl/α,β-unsaturated/α-hetero) is 2. The largest absolute Gasteiger partial charge is 0.289 e. The molecule has 0 saturated heterocycles. The summed E-state index contributed by atoms with van der Waals surface area (Å²) in [6.07, 6.45) is 29.7. The molecule has 0 radical (unpaired) electrons. The predicted molar refractivity (Wildman–Crippen MR) is 210 cm³/mol. The Balaban J connectivity index is 1.64.